The SMILES string of the molecule is C=S(=O)(O)N(CCC)CCc1cccc(OCc2ccccc2)c1O. The molecule has 2 N–H and O–H groups in total. The van der Waals surface area contributed by atoms with E-state index in [9.17, 15) is 13.9 Å². The van der Waals surface area contributed by atoms with E-state index in [4.69, 9.17) is 4.74 Å². The number of hydrogen-bond donors (Lipinski definition) is 2. The summed E-state index contributed by atoms with van der Waals surface area (Å²) in [4.78, 5) is 0. The van der Waals surface area contributed by atoms with Crippen molar-refractivity contribution >= 4 is 15.9 Å². The van der Waals surface area contributed by atoms with Crippen molar-refractivity contribution in [3.05, 3.63) is 59.7 Å². The summed E-state index contributed by atoms with van der Waals surface area (Å²) >= 11 is 0. The van der Waals surface area contributed by atoms with Gasteiger partial charge in [-0.15, -0.1) is 0 Å². The normalized spacial score (nSPS) is 13.6. The lowest BCUT2D eigenvalue weighted by atomic mass is 10.1. The van der Waals surface area contributed by atoms with Gasteiger partial charge in [0.25, 0.3) is 0 Å². The van der Waals surface area contributed by atoms with Crippen molar-refractivity contribution in [3.8, 4) is 11.5 Å². The fourth-order valence-corrected chi connectivity index (χ4v) is 3.36. The van der Waals surface area contributed by atoms with Crippen molar-refractivity contribution in [1.29, 1.82) is 0 Å². The molecule has 0 saturated carbocycles. The van der Waals surface area contributed by atoms with E-state index in [1.165, 1.54) is 4.31 Å². The van der Waals surface area contributed by atoms with Crippen LogP contribution in [-0.4, -0.2) is 37.1 Å². The second-order valence-corrected chi connectivity index (χ2v) is 7.55. The number of phenolic OH excluding ortho intramolecular Hbond substituents is 1. The van der Waals surface area contributed by atoms with Crippen LogP contribution in [0.4, 0.5) is 0 Å². The van der Waals surface area contributed by atoms with Crippen molar-refractivity contribution in [2.75, 3.05) is 13.1 Å². The number of para-hydroxylation sites is 1. The number of nitrogens with zero attached hydrogens (tertiary/aromatic N) is 1. The van der Waals surface area contributed by atoms with Crippen molar-refractivity contribution < 1.29 is 18.6 Å². The summed E-state index contributed by atoms with van der Waals surface area (Å²) in [6.45, 7) is 3.11. The lowest BCUT2D eigenvalue weighted by Crippen LogP contribution is -2.32. The van der Waals surface area contributed by atoms with Crippen molar-refractivity contribution in [1.82, 2.24) is 4.31 Å². The first kappa shape index (κ1) is 19.3. The molecule has 2 rings (SSSR count). The molecule has 0 amide bonds. The molecule has 0 aliphatic heterocycles. The average molecular weight is 363 g/mol. The van der Waals surface area contributed by atoms with Crippen LogP contribution in [0, 0.1) is 0 Å². The number of ether oxygens (including phenoxy) is 1. The fourth-order valence-electron chi connectivity index (χ4n) is 2.51. The summed E-state index contributed by atoms with van der Waals surface area (Å²) in [6, 6.07) is 15.0. The minimum Gasteiger partial charge on any atom is -0.504 e. The van der Waals surface area contributed by atoms with Gasteiger partial charge in [-0.1, -0.05) is 49.4 Å². The fraction of sp³-hybridized carbons (Fsp3) is 0.316. The van der Waals surface area contributed by atoms with Gasteiger partial charge in [0.05, 0.1) is 0 Å². The Balaban J connectivity index is 2.04. The quantitative estimate of drug-likeness (QED) is 0.671. The van der Waals surface area contributed by atoms with Gasteiger partial charge in [0.2, 0.25) is 0 Å². The number of rotatable bonds is 9. The van der Waals surface area contributed by atoms with E-state index in [-0.39, 0.29) is 5.75 Å². The average Bonchev–Trinajstić information content (AvgIpc) is 2.58. The largest absolute Gasteiger partial charge is 0.504 e. The number of aromatic hydroxyl groups is 1. The molecule has 136 valence electrons. The van der Waals surface area contributed by atoms with Crippen LogP contribution >= 0.6 is 0 Å². The van der Waals surface area contributed by atoms with Crippen LogP contribution in [0.3, 0.4) is 0 Å². The van der Waals surface area contributed by atoms with Gasteiger partial charge in [0, 0.05) is 13.1 Å². The highest BCUT2D eigenvalue weighted by Gasteiger charge is 2.15. The Morgan fingerprint density at radius 3 is 2.48 bits per heavy atom. The maximum Gasteiger partial charge on any atom is 0.161 e. The summed E-state index contributed by atoms with van der Waals surface area (Å²) < 4.78 is 28.6. The van der Waals surface area contributed by atoms with E-state index in [1.54, 1.807) is 18.2 Å². The van der Waals surface area contributed by atoms with E-state index >= 15 is 0 Å². The summed E-state index contributed by atoms with van der Waals surface area (Å²) in [5.74, 6) is 3.80. The molecule has 0 aliphatic rings. The van der Waals surface area contributed by atoms with Crippen LogP contribution in [0.2, 0.25) is 0 Å². The number of benzene rings is 2. The Morgan fingerprint density at radius 2 is 1.84 bits per heavy atom. The molecule has 0 heterocycles. The lowest BCUT2D eigenvalue weighted by Gasteiger charge is -2.22. The van der Waals surface area contributed by atoms with Crippen LogP contribution in [0.5, 0.6) is 11.5 Å². The zero-order valence-electron chi connectivity index (χ0n) is 14.4. The van der Waals surface area contributed by atoms with Crippen molar-refractivity contribution in [2.24, 2.45) is 0 Å². The first-order valence-corrected chi connectivity index (χ1v) is 9.88. The molecule has 0 aliphatic carbocycles. The van der Waals surface area contributed by atoms with Gasteiger partial charge in [-0.25, -0.2) is 8.51 Å². The molecule has 25 heavy (non-hydrogen) atoms. The predicted octanol–water partition coefficient (Wildman–Crippen LogP) is 3.33. The third-order valence-corrected chi connectivity index (χ3v) is 5.00. The maximum atomic E-state index is 11.8. The van der Waals surface area contributed by atoms with E-state index < -0.39 is 9.99 Å². The van der Waals surface area contributed by atoms with Gasteiger partial charge in [-0.05, 0) is 35.9 Å². The molecule has 0 spiro atoms. The Kier molecular flexibility index (Phi) is 6.87. The molecule has 1 unspecified atom stereocenters. The molecule has 0 radical (unpaired) electrons. The van der Waals surface area contributed by atoms with Gasteiger partial charge in [-0.2, -0.15) is 0 Å². The third kappa shape index (κ3) is 5.77. The van der Waals surface area contributed by atoms with Gasteiger partial charge >= 0.3 is 0 Å². The highest BCUT2D eigenvalue weighted by atomic mass is 32.2. The zero-order valence-corrected chi connectivity index (χ0v) is 15.2. The van der Waals surface area contributed by atoms with Gasteiger partial charge < -0.3 is 14.4 Å². The van der Waals surface area contributed by atoms with Crippen molar-refractivity contribution in [3.63, 3.8) is 0 Å². The van der Waals surface area contributed by atoms with Crippen LogP contribution in [0.1, 0.15) is 24.5 Å². The molecule has 0 fully saturated rings. The molecule has 2 aromatic rings. The van der Waals surface area contributed by atoms with Crippen molar-refractivity contribution in [2.45, 2.75) is 26.4 Å². The highest BCUT2D eigenvalue weighted by Crippen LogP contribution is 2.31. The summed E-state index contributed by atoms with van der Waals surface area (Å²) in [7, 11) is -3.25. The van der Waals surface area contributed by atoms with Crippen LogP contribution in [0.15, 0.2) is 48.5 Å². The Hall–Kier alpha value is -2.02. The molecule has 0 bridgehead atoms. The predicted molar refractivity (Wildman–Crippen MR) is 102 cm³/mol. The molecular weight excluding hydrogens is 338 g/mol. The van der Waals surface area contributed by atoms with Gasteiger partial charge in [0.15, 0.2) is 11.5 Å². The minimum absolute atomic E-state index is 0.0726. The molecule has 6 heteroatoms. The minimum atomic E-state index is -3.25. The highest BCUT2D eigenvalue weighted by molar-refractivity contribution is 7.92. The Bertz CT molecular complexity index is 775. The first-order chi connectivity index (χ1) is 11.9. The lowest BCUT2D eigenvalue weighted by molar-refractivity contribution is 0.287. The number of phenols is 1. The van der Waals surface area contributed by atoms with E-state index in [0.717, 1.165) is 12.0 Å². The van der Waals surface area contributed by atoms with Gasteiger partial charge in [-0.3, -0.25) is 0 Å². The number of hydrogen-bond acceptors (Lipinski definition) is 3. The molecular formula is C19H25NO4S. The zero-order chi connectivity index (χ0) is 18.3. The van der Waals surface area contributed by atoms with Crippen LogP contribution in [0.25, 0.3) is 0 Å². The Labute approximate surface area is 149 Å². The van der Waals surface area contributed by atoms with E-state index in [1.807, 2.05) is 37.3 Å². The second-order valence-electron chi connectivity index (χ2n) is 5.82. The van der Waals surface area contributed by atoms with E-state index in [0.29, 0.717) is 37.4 Å². The summed E-state index contributed by atoms with van der Waals surface area (Å²) in [5, 5.41) is 10.4. The van der Waals surface area contributed by atoms with Crippen LogP contribution in [-0.2, 0) is 23.0 Å². The second kappa shape index (κ2) is 8.89. The third-order valence-electron chi connectivity index (χ3n) is 3.83. The van der Waals surface area contributed by atoms with Crippen LogP contribution < -0.4 is 4.74 Å². The summed E-state index contributed by atoms with van der Waals surface area (Å²) in [6.07, 6.45) is 1.18. The van der Waals surface area contributed by atoms with Gasteiger partial charge in [0.1, 0.15) is 16.6 Å². The Morgan fingerprint density at radius 1 is 1.12 bits per heavy atom. The molecule has 1 atom stereocenters. The molecule has 0 saturated heterocycles. The van der Waals surface area contributed by atoms with E-state index in [2.05, 4.69) is 5.87 Å². The summed E-state index contributed by atoms with van der Waals surface area (Å²) in [5.41, 5.74) is 1.69. The molecule has 5 nitrogen and oxygen atoms in total. The first-order valence-electron chi connectivity index (χ1n) is 8.24. The smallest absolute Gasteiger partial charge is 0.161 e. The maximum absolute atomic E-state index is 11.8. The topological polar surface area (TPSA) is 70.0 Å². The monoisotopic (exact) mass is 363 g/mol. The molecule has 2 aromatic carbocycles. The molecule has 0 aromatic heterocycles. The standard InChI is InChI=1S/C19H25NO4S/c1-3-13-20(25(2,22)23)14-12-17-10-7-11-18(19(17)21)24-15-16-8-5-4-6-9-16/h4-11,21H,2-3,12-15H2,1H3,(H,22,23).